The first-order valence-corrected chi connectivity index (χ1v) is 9.39. The molecule has 0 fully saturated rings. The molecule has 2 rings (SSSR count). The zero-order chi connectivity index (χ0) is 20.2. The molecule has 0 aliphatic rings. The van der Waals surface area contributed by atoms with Crippen LogP contribution in [0.1, 0.15) is 15.9 Å². The number of carbonyl (C=O) groups excluding carboxylic acids is 2. The number of sulfone groups is 1. The number of hydrogen-bond donors (Lipinski definition) is 1. The van der Waals surface area contributed by atoms with Crippen LogP contribution in [0.2, 0.25) is 5.02 Å². The minimum absolute atomic E-state index is 0.0880. The number of benzene rings is 2. The van der Waals surface area contributed by atoms with E-state index in [-0.39, 0.29) is 5.56 Å². The molecule has 0 saturated heterocycles. The molecule has 6 nitrogen and oxygen atoms in total. The second-order valence-electron chi connectivity index (χ2n) is 5.37. The zero-order valence-electron chi connectivity index (χ0n) is 13.9. The van der Waals surface area contributed by atoms with Crippen molar-refractivity contribution in [3.63, 3.8) is 0 Å². The lowest BCUT2D eigenvalue weighted by atomic mass is 10.2. The van der Waals surface area contributed by atoms with Crippen LogP contribution >= 0.6 is 11.6 Å². The average Bonchev–Trinajstić information content (AvgIpc) is 2.63. The molecule has 2 aromatic rings. The highest BCUT2D eigenvalue weighted by Crippen LogP contribution is 2.23. The monoisotopic (exact) mass is 417 g/mol. The highest BCUT2D eigenvalue weighted by atomic mass is 35.5. The van der Waals surface area contributed by atoms with E-state index in [2.05, 4.69) is 5.32 Å². The molecular weight excluding hydrogens is 404 g/mol. The Morgan fingerprint density at radius 2 is 1.78 bits per heavy atom. The van der Waals surface area contributed by atoms with Crippen molar-refractivity contribution in [2.24, 2.45) is 0 Å². The van der Waals surface area contributed by atoms with Gasteiger partial charge in [0.25, 0.3) is 5.91 Å². The topological polar surface area (TPSA) is 89.5 Å². The van der Waals surface area contributed by atoms with E-state index in [0.717, 1.165) is 24.3 Å². The zero-order valence-corrected chi connectivity index (χ0v) is 15.5. The molecule has 0 spiro atoms. The van der Waals surface area contributed by atoms with Gasteiger partial charge in [0.2, 0.25) is 9.84 Å². The predicted octanol–water partition coefficient (Wildman–Crippen LogP) is 3.44. The summed E-state index contributed by atoms with van der Waals surface area (Å²) in [6.07, 6.45) is 0. The van der Waals surface area contributed by atoms with Gasteiger partial charge in [-0.15, -0.1) is 0 Å². The first-order valence-electron chi connectivity index (χ1n) is 7.47. The van der Waals surface area contributed by atoms with E-state index in [1.165, 1.54) is 0 Å². The van der Waals surface area contributed by atoms with Crippen LogP contribution in [-0.2, 0) is 19.4 Å². The van der Waals surface area contributed by atoms with Gasteiger partial charge in [0, 0.05) is 10.7 Å². The fraction of sp³-hybridized carbons (Fsp3) is 0.176. The molecule has 0 unspecified atom stereocenters. The van der Waals surface area contributed by atoms with Crippen molar-refractivity contribution in [1.29, 1.82) is 0 Å². The number of esters is 1. The lowest BCUT2D eigenvalue weighted by molar-refractivity contribution is -0.119. The summed E-state index contributed by atoms with van der Waals surface area (Å²) in [6.45, 7) is 1.11. The van der Waals surface area contributed by atoms with E-state index in [4.69, 9.17) is 16.3 Å². The lowest BCUT2D eigenvalue weighted by Gasteiger charge is -2.10. The van der Waals surface area contributed by atoms with Gasteiger partial charge in [0.05, 0.1) is 10.5 Å². The van der Waals surface area contributed by atoms with Gasteiger partial charge >= 0.3 is 11.7 Å². The average molecular weight is 418 g/mol. The number of rotatable bonds is 6. The van der Waals surface area contributed by atoms with Gasteiger partial charge in [0.15, 0.2) is 6.61 Å². The number of nitrogens with one attached hydrogen (secondary N) is 1. The number of halogens is 3. The summed E-state index contributed by atoms with van der Waals surface area (Å²) in [5.74, 6) is -5.08. The SMILES string of the molecule is Cc1c(Cl)cccc1NC(=O)COC(=O)c1ccc(S(=O)(=O)C(F)F)cc1. The van der Waals surface area contributed by atoms with Crippen LogP contribution in [0.25, 0.3) is 0 Å². The summed E-state index contributed by atoms with van der Waals surface area (Å²) in [4.78, 5) is 23.2. The normalized spacial score (nSPS) is 11.3. The Kier molecular flexibility index (Phi) is 6.50. The van der Waals surface area contributed by atoms with Crippen molar-refractivity contribution in [3.8, 4) is 0 Å². The molecule has 0 bridgehead atoms. The van der Waals surface area contributed by atoms with Crippen LogP contribution in [0.4, 0.5) is 14.5 Å². The molecule has 2 aromatic carbocycles. The van der Waals surface area contributed by atoms with E-state index in [0.29, 0.717) is 16.3 Å². The van der Waals surface area contributed by atoms with Gasteiger partial charge in [-0.2, -0.15) is 8.78 Å². The smallest absolute Gasteiger partial charge is 0.341 e. The molecule has 0 aromatic heterocycles. The van der Waals surface area contributed by atoms with Gasteiger partial charge in [0.1, 0.15) is 0 Å². The molecule has 10 heteroatoms. The van der Waals surface area contributed by atoms with Crippen molar-refractivity contribution in [2.45, 2.75) is 17.6 Å². The molecular formula is C17H14ClF2NO5S. The molecule has 0 radical (unpaired) electrons. The van der Waals surface area contributed by atoms with Crippen LogP contribution in [0, 0.1) is 6.92 Å². The molecule has 0 aliphatic heterocycles. The van der Waals surface area contributed by atoms with E-state index in [9.17, 15) is 26.8 Å². The molecule has 27 heavy (non-hydrogen) atoms. The van der Waals surface area contributed by atoms with Crippen molar-refractivity contribution in [3.05, 3.63) is 58.6 Å². The molecule has 1 N–H and O–H groups in total. The summed E-state index contributed by atoms with van der Waals surface area (Å²) in [7, 11) is -4.75. The molecule has 0 atom stereocenters. The Balaban J connectivity index is 1.97. The third-order valence-corrected chi connectivity index (χ3v) is 5.34. The molecule has 144 valence electrons. The minimum Gasteiger partial charge on any atom is -0.452 e. The van der Waals surface area contributed by atoms with Crippen LogP contribution in [0.5, 0.6) is 0 Å². The maximum Gasteiger partial charge on any atom is 0.341 e. The Bertz CT molecular complexity index is 962. The second-order valence-corrected chi connectivity index (χ2v) is 7.69. The molecule has 0 aliphatic carbocycles. The van der Waals surface area contributed by atoms with Crippen LogP contribution in [0.3, 0.4) is 0 Å². The van der Waals surface area contributed by atoms with Crippen molar-refractivity contribution in [2.75, 3.05) is 11.9 Å². The summed E-state index contributed by atoms with van der Waals surface area (Å²) < 4.78 is 52.4. The lowest BCUT2D eigenvalue weighted by Crippen LogP contribution is -2.21. The Morgan fingerprint density at radius 1 is 1.15 bits per heavy atom. The van der Waals surface area contributed by atoms with Gasteiger partial charge in [-0.05, 0) is 48.9 Å². The summed E-state index contributed by atoms with van der Waals surface area (Å²) >= 11 is 5.94. The second kappa shape index (κ2) is 8.45. The van der Waals surface area contributed by atoms with Gasteiger partial charge in [-0.1, -0.05) is 17.7 Å². The summed E-state index contributed by atoms with van der Waals surface area (Å²) in [6, 6.07) is 8.72. The third-order valence-electron chi connectivity index (χ3n) is 3.53. The minimum atomic E-state index is -4.75. The Hall–Kier alpha value is -2.52. The number of hydrogen-bond acceptors (Lipinski definition) is 5. The number of anilines is 1. The van der Waals surface area contributed by atoms with E-state index < -0.39 is 39.0 Å². The van der Waals surface area contributed by atoms with Gasteiger partial charge < -0.3 is 10.1 Å². The van der Waals surface area contributed by atoms with Crippen LogP contribution < -0.4 is 5.32 Å². The van der Waals surface area contributed by atoms with E-state index in [1.54, 1.807) is 25.1 Å². The maximum atomic E-state index is 12.5. The Morgan fingerprint density at radius 3 is 2.37 bits per heavy atom. The molecule has 1 amide bonds. The van der Waals surface area contributed by atoms with Gasteiger partial charge in [-0.3, -0.25) is 4.79 Å². The first-order chi connectivity index (χ1) is 12.6. The molecule has 0 saturated carbocycles. The number of amides is 1. The highest BCUT2D eigenvalue weighted by molar-refractivity contribution is 7.91. The fourth-order valence-corrected chi connectivity index (χ4v) is 2.92. The van der Waals surface area contributed by atoms with Crippen molar-refractivity contribution >= 4 is 39.0 Å². The maximum absolute atomic E-state index is 12.5. The van der Waals surface area contributed by atoms with E-state index in [1.807, 2.05) is 0 Å². The van der Waals surface area contributed by atoms with E-state index >= 15 is 0 Å². The Labute approximate surface area is 159 Å². The number of carbonyl (C=O) groups is 2. The molecule has 0 heterocycles. The predicted molar refractivity (Wildman–Crippen MR) is 94.7 cm³/mol. The number of ether oxygens (including phenoxy) is 1. The van der Waals surface area contributed by atoms with Crippen LogP contribution in [0.15, 0.2) is 47.4 Å². The third kappa shape index (κ3) is 5.01. The van der Waals surface area contributed by atoms with Crippen molar-refractivity contribution in [1.82, 2.24) is 0 Å². The largest absolute Gasteiger partial charge is 0.452 e. The van der Waals surface area contributed by atoms with Crippen molar-refractivity contribution < 1.29 is 31.5 Å². The van der Waals surface area contributed by atoms with Gasteiger partial charge in [-0.25, -0.2) is 13.2 Å². The quantitative estimate of drug-likeness (QED) is 0.727. The highest BCUT2D eigenvalue weighted by Gasteiger charge is 2.26. The first kappa shape index (κ1) is 20.8. The summed E-state index contributed by atoms with van der Waals surface area (Å²) in [5, 5.41) is 3.00. The summed E-state index contributed by atoms with van der Waals surface area (Å²) in [5.41, 5.74) is 1.02. The van der Waals surface area contributed by atoms with Crippen LogP contribution in [-0.4, -0.2) is 32.7 Å². The fourth-order valence-electron chi connectivity index (χ4n) is 2.03. The number of alkyl halides is 2. The standard InChI is InChI=1S/C17H14ClF2NO5S/c1-10-13(18)3-2-4-14(10)21-15(22)9-26-16(23)11-5-7-12(8-6-11)27(24,25)17(19)20/h2-8,17H,9H2,1H3,(H,21,22).